The molecule has 3 rings (SSSR count). The third-order valence-electron chi connectivity index (χ3n) is 4.45. The Morgan fingerprint density at radius 3 is 2.83 bits per heavy atom. The van der Waals surface area contributed by atoms with Crippen molar-refractivity contribution in [2.75, 3.05) is 13.6 Å². The number of aryl methyl sites for hydroxylation is 1. The van der Waals surface area contributed by atoms with Gasteiger partial charge in [0.15, 0.2) is 0 Å². The molecule has 1 aliphatic rings. The predicted octanol–water partition coefficient (Wildman–Crippen LogP) is 2.29. The lowest BCUT2D eigenvalue weighted by Crippen LogP contribution is -2.27. The minimum Gasteiger partial charge on any atom is -0.313 e. The van der Waals surface area contributed by atoms with Crippen LogP contribution in [0.1, 0.15) is 42.6 Å². The van der Waals surface area contributed by atoms with Crippen molar-refractivity contribution < 1.29 is 0 Å². The molecule has 23 heavy (non-hydrogen) atoms. The van der Waals surface area contributed by atoms with Crippen molar-refractivity contribution in [1.82, 2.24) is 29.5 Å². The lowest BCUT2D eigenvalue weighted by molar-refractivity contribution is 0.253. The topological polar surface area (TPSA) is 50.1 Å². The summed E-state index contributed by atoms with van der Waals surface area (Å²) in [5.41, 5.74) is 1.17. The average Bonchev–Trinajstić information content (AvgIpc) is 3.00. The van der Waals surface area contributed by atoms with E-state index in [4.69, 9.17) is 0 Å². The molecular formula is C16H26N6S. The molecule has 0 atom stereocenters. The largest absolute Gasteiger partial charge is 0.313 e. The highest BCUT2D eigenvalue weighted by Gasteiger charge is 2.21. The highest BCUT2D eigenvalue weighted by molar-refractivity contribution is 7.09. The summed E-state index contributed by atoms with van der Waals surface area (Å²) in [7, 11) is 2.14. The maximum Gasteiger partial charge on any atom is 0.147 e. The molecule has 0 aromatic carbocycles. The Morgan fingerprint density at radius 1 is 1.30 bits per heavy atom. The van der Waals surface area contributed by atoms with Crippen molar-refractivity contribution in [3.8, 4) is 0 Å². The predicted molar refractivity (Wildman–Crippen MR) is 92.2 cm³/mol. The van der Waals surface area contributed by atoms with Crippen LogP contribution in [0.15, 0.2) is 5.38 Å². The van der Waals surface area contributed by atoms with Crippen LogP contribution in [0, 0.1) is 6.92 Å². The van der Waals surface area contributed by atoms with E-state index in [1.165, 1.54) is 5.69 Å². The van der Waals surface area contributed by atoms with Crippen molar-refractivity contribution in [2.45, 2.75) is 59.4 Å². The Bertz CT molecular complexity index is 647. The van der Waals surface area contributed by atoms with Gasteiger partial charge in [-0.3, -0.25) is 9.80 Å². The fourth-order valence-corrected chi connectivity index (χ4v) is 3.45. The molecule has 0 unspecified atom stereocenters. The van der Waals surface area contributed by atoms with Gasteiger partial charge in [0.2, 0.25) is 0 Å². The van der Waals surface area contributed by atoms with Gasteiger partial charge in [-0.15, -0.1) is 21.5 Å². The van der Waals surface area contributed by atoms with E-state index in [1.54, 1.807) is 11.3 Å². The number of fused-ring (bicyclic) bond motifs is 1. The maximum atomic E-state index is 4.58. The van der Waals surface area contributed by atoms with Crippen molar-refractivity contribution in [2.24, 2.45) is 0 Å². The molecule has 0 aliphatic carbocycles. The Balaban J connectivity index is 1.70. The summed E-state index contributed by atoms with van der Waals surface area (Å²) in [5.74, 6) is 2.17. The number of hydrogen-bond donors (Lipinski definition) is 0. The van der Waals surface area contributed by atoms with Crippen LogP contribution in [-0.2, 0) is 26.2 Å². The van der Waals surface area contributed by atoms with Crippen molar-refractivity contribution >= 4 is 11.3 Å². The summed E-state index contributed by atoms with van der Waals surface area (Å²) < 4.78 is 2.31. The third-order valence-corrected chi connectivity index (χ3v) is 5.27. The smallest absolute Gasteiger partial charge is 0.147 e. The summed E-state index contributed by atoms with van der Waals surface area (Å²) in [4.78, 5) is 9.31. The van der Waals surface area contributed by atoms with Crippen LogP contribution in [0.4, 0.5) is 0 Å². The van der Waals surface area contributed by atoms with E-state index in [0.717, 1.165) is 55.8 Å². The average molecular weight is 334 g/mol. The molecule has 0 amide bonds. The highest BCUT2D eigenvalue weighted by Crippen LogP contribution is 2.17. The second-order valence-electron chi connectivity index (χ2n) is 6.62. The quantitative estimate of drug-likeness (QED) is 0.840. The number of rotatable bonds is 5. The van der Waals surface area contributed by atoms with Gasteiger partial charge in [0.25, 0.3) is 0 Å². The van der Waals surface area contributed by atoms with E-state index in [-0.39, 0.29) is 0 Å². The fourth-order valence-electron chi connectivity index (χ4n) is 2.85. The molecule has 0 bridgehead atoms. The summed E-state index contributed by atoms with van der Waals surface area (Å²) in [6, 6.07) is 0.512. The molecule has 6 nitrogen and oxygen atoms in total. The van der Waals surface area contributed by atoms with E-state index in [1.807, 2.05) is 0 Å². The van der Waals surface area contributed by atoms with Crippen molar-refractivity contribution in [3.63, 3.8) is 0 Å². The van der Waals surface area contributed by atoms with Gasteiger partial charge in [0, 0.05) is 31.1 Å². The summed E-state index contributed by atoms with van der Waals surface area (Å²) in [6.45, 7) is 11.2. The first-order valence-corrected chi connectivity index (χ1v) is 9.15. The zero-order chi connectivity index (χ0) is 16.4. The molecule has 1 aliphatic heterocycles. The monoisotopic (exact) mass is 334 g/mol. The first kappa shape index (κ1) is 16.5. The van der Waals surface area contributed by atoms with Gasteiger partial charge in [-0.1, -0.05) is 0 Å². The van der Waals surface area contributed by atoms with Crippen molar-refractivity contribution in [3.05, 3.63) is 27.7 Å². The number of thiazole rings is 1. The zero-order valence-corrected chi connectivity index (χ0v) is 15.3. The molecule has 0 saturated heterocycles. The highest BCUT2D eigenvalue weighted by atomic mass is 32.1. The third kappa shape index (κ3) is 3.97. The minimum atomic E-state index is 0.512. The van der Waals surface area contributed by atoms with Crippen LogP contribution in [0.2, 0.25) is 0 Å². The van der Waals surface area contributed by atoms with E-state index in [9.17, 15) is 0 Å². The van der Waals surface area contributed by atoms with Crippen LogP contribution < -0.4 is 0 Å². The Kier molecular flexibility index (Phi) is 5.08. The molecule has 2 aromatic rings. The molecule has 0 radical (unpaired) electrons. The van der Waals surface area contributed by atoms with Gasteiger partial charge in [0.05, 0.1) is 23.8 Å². The SMILES string of the molecule is Cc1nc(CN2CCCn3c(nnc3CN(C)C(C)C)C2)cs1. The lowest BCUT2D eigenvalue weighted by atomic mass is 10.3. The molecular weight excluding hydrogens is 308 g/mol. The molecule has 7 heteroatoms. The molecule has 0 spiro atoms. The van der Waals surface area contributed by atoms with Gasteiger partial charge < -0.3 is 4.57 Å². The molecule has 0 N–H and O–H groups in total. The maximum absolute atomic E-state index is 4.58. The van der Waals surface area contributed by atoms with Gasteiger partial charge in [-0.2, -0.15) is 0 Å². The first-order chi connectivity index (χ1) is 11.0. The number of hydrogen-bond acceptors (Lipinski definition) is 6. The van der Waals surface area contributed by atoms with Crippen LogP contribution in [0.5, 0.6) is 0 Å². The van der Waals surface area contributed by atoms with Gasteiger partial charge in [-0.25, -0.2) is 4.98 Å². The van der Waals surface area contributed by atoms with Crippen molar-refractivity contribution in [1.29, 1.82) is 0 Å². The fraction of sp³-hybridized carbons (Fsp3) is 0.688. The Labute approximate surface area is 142 Å². The molecule has 0 fully saturated rings. The molecule has 0 saturated carbocycles. The number of nitrogens with zero attached hydrogens (tertiary/aromatic N) is 6. The Hall–Kier alpha value is -1.31. The van der Waals surface area contributed by atoms with Gasteiger partial charge in [-0.05, 0) is 34.2 Å². The second-order valence-corrected chi connectivity index (χ2v) is 7.68. The van der Waals surface area contributed by atoms with E-state index in [2.05, 4.69) is 62.7 Å². The summed E-state index contributed by atoms with van der Waals surface area (Å²) >= 11 is 1.72. The van der Waals surface area contributed by atoms with Crippen LogP contribution in [-0.4, -0.2) is 49.2 Å². The normalized spacial score (nSPS) is 16.1. The number of aromatic nitrogens is 4. The standard InChI is InChI=1S/C16H26N6S/c1-12(2)20(4)9-15-18-19-16-10-21(6-5-7-22(15)16)8-14-11-23-13(3)17-14/h11-12H,5-10H2,1-4H3. The lowest BCUT2D eigenvalue weighted by Gasteiger charge is -2.20. The van der Waals surface area contributed by atoms with Gasteiger partial charge >= 0.3 is 0 Å². The molecule has 126 valence electrons. The molecule has 2 aromatic heterocycles. The Morgan fingerprint density at radius 2 is 2.13 bits per heavy atom. The van der Waals surface area contributed by atoms with Crippen LogP contribution in [0.25, 0.3) is 0 Å². The van der Waals surface area contributed by atoms with E-state index >= 15 is 0 Å². The van der Waals surface area contributed by atoms with E-state index < -0.39 is 0 Å². The van der Waals surface area contributed by atoms with E-state index in [0.29, 0.717) is 6.04 Å². The summed E-state index contributed by atoms with van der Waals surface area (Å²) in [6.07, 6.45) is 1.13. The van der Waals surface area contributed by atoms with Crippen LogP contribution >= 0.6 is 11.3 Å². The first-order valence-electron chi connectivity index (χ1n) is 8.27. The van der Waals surface area contributed by atoms with Crippen LogP contribution in [0.3, 0.4) is 0 Å². The minimum absolute atomic E-state index is 0.512. The van der Waals surface area contributed by atoms with Gasteiger partial charge in [0.1, 0.15) is 11.6 Å². The molecule has 3 heterocycles. The zero-order valence-electron chi connectivity index (χ0n) is 14.5. The summed E-state index contributed by atoms with van der Waals surface area (Å²) in [5, 5.41) is 12.2. The second kappa shape index (κ2) is 7.07.